The van der Waals surface area contributed by atoms with Crippen molar-refractivity contribution in [2.24, 2.45) is 0 Å². The Hall–Kier alpha value is 0.400. The van der Waals surface area contributed by atoms with E-state index in [1.807, 2.05) is 0 Å². The molecule has 0 aromatic carbocycles. The van der Waals surface area contributed by atoms with Crippen molar-refractivity contribution in [3.8, 4) is 0 Å². The number of aliphatic hydroxyl groups is 1. The van der Waals surface area contributed by atoms with Gasteiger partial charge in [-0.25, -0.2) is 0 Å². The van der Waals surface area contributed by atoms with Crippen molar-refractivity contribution < 1.29 is 9.84 Å². The largest absolute Gasteiger partial charge is 0.392 e. The minimum atomic E-state index is -0.502. The topological polar surface area (TPSA) is 29.5 Å². The molecule has 0 aliphatic rings. The van der Waals surface area contributed by atoms with Crippen LogP contribution in [-0.2, 0) is 4.74 Å². The highest BCUT2D eigenvalue weighted by Gasteiger charge is 2.23. The Bertz CT molecular complexity index is 124. The van der Waals surface area contributed by atoms with Crippen molar-refractivity contribution in [1.29, 1.82) is 0 Å². The summed E-state index contributed by atoms with van der Waals surface area (Å²) < 4.78 is 4.68. The van der Waals surface area contributed by atoms with Crippen LogP contribution >= 0.6 is 15.9 Å². The van der Waals surface area contributed by atoms with Crippen LogP contribution in [0, 0.1) is 0 Å². The second-order valence-electron chi connectivity index (χ2n) is 3.76. The number of hydrogen-bond donors (Lipinski definition) is 1. The van der Waals surface area contributed by atoms with Crippen molar-refractivity contribution in [3.05, 3.63) is 0 Å². The Kier molecular flexibility index (Phi) is 8.94. The van der Waals surface area contributed by atoms with Crippen LogP contribution in [0.4, 0.5) is 0 Å². The van der Waals surface area contributed by atoms with E-state index in [4.69, 9.17) is 9.84 Å². The van der Waals surface area contributed by atoms with Crippen LogP contribution < -0.4 is 0 Å². The van der Waals surface area contributed by atoms with Gasteiger partial charge in [-0.1, -0.05) is 55.0 Å². The summed E-state index contributed by atoms with van der Waals surface area (Å²) in [5.74, 6) is 0. The number of alkyl halides is 1. The first-order valence-electron chi connectivity index (χ1n) is 5.53. The smallest absolute Gasteiger partial charge is 0.145 e. The third kappa shape index (κ3) is 6.80. The standard InChI is InChI=1S/C11H23BrO2/c1-3-4-5-6-7-8-9-11(12,10-13)14-2/h13H,3-10H2,1-2H3. The second-order valence-corrected chi connectivity index (χ2v) is 5.21. The fourth-order valence-electron chi connectivity index (χ4n) is 1.41. The van der Waals surface area contributed by atoms with Gasteiger partial charge in [0.1, 0.15) is 4.51 Å². The first kappa shape index (κ1) is 14.4. The van der Waals surface area contributed by atoms with Crippen molar-refractivity contribution in [2.75, 3.05) is 13.7 Å². The number of unbranched alkanes of at least 4 members (excludes halogenated alkanes) is 5. The van der Waals surface area contributed by atoms with Crippen LogP contribution in [0.3, 0.4) is 0 Å². The molecule has 0 rings (SSSR count). The zero-order valence-corrected chi connectivity index (χ0v) is 11.0. The van der Waals surface area contributed by atoms with Crippen molar-refractivity contribution in [2.45, 2.75) is 56.4 Å². The Morgan fingerprint density at radius 3 is 2.21 bits per heavy atom. The molecular weight excluding hydrogens is 244 g/mol. The van der Waals surface area contributed by atoms with Gasteiger partial charge in [-0.3, -0.25) is 0 Å². The maximum absolute atomic E-state index is 9.05. The quantitative estimate of drug-likeness (QED) is 0.512. The van der Waals surface area contributed by atoms with Crippen LogP contribution in [0.1, 0.15) is 51.9 Å². The summed E-state index contributed by atoms with van der Waals surface area (Å²) in [5.41, 5.74) is 0. The highest BCUT2D eigenvalue weighted by atomic mass is 79.9. The van der Waals surface area contributed by atoms with Gasteiger partial charge in [-0.2, -0.15) is 0 Å². The van der Waals surface area contributed by atoms with Gasteiger partial charge < -0.3 is 9.84 Å². The molecule has 0 amide bonds. The first-order chi connectivity index (χ1) is 6.68. The number of hydrogen-bond acceptors (Lipinski definition) is 2. The van der Waals surface area contributed by atoms with Crippen LogP contribution in [0.2, 0.25) is 0 Å². The van der Waals surface area contributed by atoms with Gasteiger partial charge in [0.2, 0.25) is 0 Å². The monoisotopic (exact) mass is 266 g/mol. The van der Waals surface area contributed by atoms with E-state index in [1.165, 1.54) is 32.1 Å². The molecule has 0 aliphatic carbocycles. The summed E-state index contributed by atoms with van der Waals surface area (Å²) in [6.07, 6.45) is 8.48. The van der Waals surface area contributed by atoms with Crippen LogP contribution in [0.5, 0.6) is 0 Å². The number of aliphatic hydroxyl groups excluding tert-OH is 1. The summed E-state index contributed by atoms with van der Waals surface area (Å²) in [7, 11) is 1.63. The number of methoxy groups -OCH3 is 1. The lowest BCUT2D eigenvalue weighted by atomic mass is 10.1. The van der Waals surface area contributed by atoms with Crippen molar-refractivity contribution in [1.82, 2.24) is 0 Å². The van der Waals surface area contributed by atoms with E-state index in [9.17, 15) is 0 Å². The van der Waals surface area contributed by atoms with Crippen LogP contribution in [0.25, 0.3) is 0 Å². The highest BCUT2D eigenvalue weighted by Crippen LogP contribution is 2.25. The van der Waals surface area contributed by atoms with Gasteiger partial charge in [0.15, 0.2) is 0 Å². The Morgan fingerprint density at radius 1 is 1.14 bits per heavy atom. The van der Waals surface area contributed by atoms with Crippen molar-refractivity contribution >= 4 is 15.9 Å². The molecule has 0 radical (unpaired) electrons. The molecule has 2 nitrogen and oxygen atoms in total. The predicted molar refractivity (Wildman–Crippen MR) is 63.7 cm³/mol. The first-order valence-corrected chi connectivity index (χ1v) is 6.32. The third-order valence-corrected chi connectivity index (χ3v) is 3.48. The Balaban J connectivity index is 3.34. The van der Waals surface area contributed by atoms with E-state index in [0.717, 1.165) is 12.8 Å². The van der Waals surface area contributed by atoms with Gasteiger partial charge in [0.25, 0.3) is 0 Å². The fraction of sp³-hybridized carbons (Fsp3) is 1.00. The Labute approximate surface area is 96.2 Å². The van der Waals surface area contributed by atoms with E-state index >= 15 is 0 Å². The lowest BCUT2D eigenvalue weighted by molar-refractivity contribution is 0.0189. The summed E-state index contributed by atoms with van der Waals surface area (Å²) in [6, 6.07) is 0. The lowest BCUT2D eigenvalue weighted by Crippen LogP contribution is -2.27. The van der Waals surface area contributed by atoms with Crippen LogP contribution in [-0.4, -0.2) is 23.3 Å². The summed E-state index contributed by atoms with van der Waals surface area (Å²) in [4.78, 5) is 0. The molecule has 1 atom stereocenters. The molecule has 1 N–H and O–H groups in total. The molecule has 0 bridgehead atoms. The summed E-state index contributed by atoms with van der Waals surface area (Å²) in [6.45, 7) is 2.26. The van der Waals surface area contributed by atoms with Gasteiger partial charge in [-0.15, -0.1) is 0 Å². The Morgan fingerprint density at radius 2 is 1.71 bits per heavy atom. The summed E-state index contributed by atoms with van der Waals surface area (Å²) >= 11 is 3.39. The maximum Gasteiger partial charge on any atom is 0.145 e. The number of halogens is 1. The molecule has 86 valence electrons. The molecule has 0 spiro atoms. The fourth-order valence-corrected chi connectivity index (χ4v) is 1.70. The number of ether oxygens (including phenoxy) is 1. The van der Waals surface area contributed by atoms with Crippen molar-refractivity contribution in [3.63, 3.8) is 0 Å². The maximum atomic E-state index is 9.05. The highest BCUT2D eigenvalue weighted by molar-refractivity contribution is 9.10. The average molecular weight is 267 g/mol. The average Bonchev–Trinajstić information content (AvgIpc) is 2.23. The number of rotatable bonds is 9. The van der Waals surface area contributed by atoms with Gasteiger partial charge in [-0.05, 0) is 12.8 Å². The lowest BCUT2D eigenvalue weighted by Gasteiger charge is -2.23. The van der Waals surface area contributed by atoms with E-state index < -0.39 is 4.51 Å². The molecule has 14 heavy (non-hydrogen) atoms. The minimum Gasteiger partial charge on any atom is -0.392 e. The third-order valence-electron chi connectivity index (χ3n) is 2.51. The minimum absolute atomic E-state index is 0.0401. The van der Waals surface area contributed by atoms with Gasteiger partial charge in [0.05, 0.1) is 6.61 Å². The van der Waals surface area contributed by atoms with Gasteiger partial charge in [0, 0.05) is 7.11 Å². The molecule has 0 fully saturated rings. The second kappa shape index (κ2) is 8.69. The molecule has 0 heterocycles. The predicted octanol–water partition coefficient (Wildman–Crippen LogP) is 3.47. The van der Waals surface area contributed by atoms with E-state index in [0.29, 0.717) is 0 Å². The molecule has 0 aromatic rings. The molecule has 0 saturated heterocycles. The summed E-state index contributed by atoms with van der Waals surface area (Å²) in [5, 5.41) is 9.05. The zero-order chi connectivity index (χ0) is 10.9. The normalized spacial score (nSPS) is 15.4. The molecule has 0 aromatic heterocycles. The van der Waals surface area contributed by atoms with E-state index in [1.54, 1.807) is 7.11 Å². The molecule has 1 unspecified atom stereocenters. The molecule has 0 saturated carbocycles. The molecule has 0 aliphatic heterocycles. The molecular formula is C11H23BrO2. The SMILES string of the molecule is CCCCCCCCC(Br)(CO)OC. The zero-order valence-electron chi connectivity index (χ0n) is 9.39. The van der Waals surface area contributed by atoms with Crippen LogP contribution in [0.15, 0.2) is 0 Å². The molecule has 3 heteroatoms. The van der Waals surface area contributed by atoms with E-state index in [2.05, 4.69) is 22.9 Å². The van der Waals surface area contributed by atoms with Gasteiger partial charge >= 0.3 is 0 Å². The van der Waals surface area contributed by atoms with E-state index in [-0.39, 0.29) is 6.61 Å².